The van der Waals surface area contributed by atoms with Crippen molar-refractivity contribution in [3.8, 4) is 0 Å². The molecule has 0 aliphatic carbocycles. The molecule has 0 fully saturated rings. The highest BCUT2D eigenvalue weighted by Gasteiger charge is 2.27. The van der Waals surface area contributed by atoms with Gasteiger partial charge in [0.15, 0.2) is 0 Å². The summed E-state index contributed by atoms with van der Waals surface area (Å²) in [5.41, 5.74) is 2.32. The van der Waals surface area contributed by atoms with E-state index in [0.717, 1.165) is 17.8 Å². The van der Waals surface area contributed by atoms with Gasteiger partial charge in [0.1, 0.15) is 5.65 Å². The lowest BCUT2D eigenvalue weighted by Gasteiger charge is -2.33. The number of carbonyl (C=O) groups is 1. The molecule has 1 N–H and O–H groups in total. The first-order chi connectivity index (χ1) is 9.56. The minimum atomic E-state index is -0.243. The molecule has 0 radical (unpaired) electrons. The normalized spacial score (nSPS) is 12.7. The van der Waals surface area contributed by atoms with Crippen molar-refractivity contribution < 1.29 is 4.79 Å². The van der Waals surface area contributed by atoms with Gasteiger partial charge in [-0.15, -0.1) is 0 Å². The molecule has 0 saturated carbocycles. The van der Waals surface area contributed by atoms with Crippen LogP contribution in [0.4, 0.5) is 0 Å². The van der Waals surface area contributed by atoms with E-state index in [1.54, 1.807) is 0 Å². The van der Waals surface area contributed by atoms with E-state index in [2.05, 4.69) is 44.9 Å². The molecular formula is C17H25N3O. The predicted molar refractivity (Wildman–Crippen MR) is 85.5 cm³/mol. The number of nitrogens with one attached hydrogen (secondary N) is 1. The monoisotopic (exact) mass is 287 g/mol. The van der Waals surface area contributed by atoms with Crippen molar-refractivity contribution in [2.45, 2.75) is 53.5 Å². The number of nitrogens with zero attached hydrogens (tertiary/aromatic N) is 2. The zero-order valence-corrected chi connectivity index (χ0v) is 13.8. The highest BCUT2D eigenvalue weighted by Crippen LogP contribution is 2.27. The van der Waals surface area contributed by atoms with Crippen LogP contribution < -0.4 is 5.32 Å². The van der Waals surface area contributed by atoms with Crippen molar-refractivity contribution in [1.82, 2.24) is 14.7 Å². The van der Waals surface area contributed by atoms with E-state index >= 15 is 0 Å². The molecule has 0 aromatic carbocycles. The summed E-state index contributed by atoms with van der Waals surface area (Å²) in [6.45, 7) is 12.6. The van der Waals surface area contributed by atoms with Crippen molar-refractivity contribution in [3.05, 3.63) is 35.8 Å². The molecule has 2 rings (SSSR count). The third-order valence-corrected chi connectivity index (χ3v) is 3.27. The molecular weight excluding hydrogens is 262 g/mol. The first-order valence-corrected chi connectivity index (χ1v) is 7.34. The fourth-order valence-electron chi connectivity index (χ4n) is 3.00. The van der Waals surface area contributed by atoms with E-state index in [1.807, 2.05) is 35.9 Å². The number of amides is 1. The number of aromatic nitrogens is 2. The van der Waals surface area contributed by atoms with Crippen molar-refractivity contribution in [1.29, 1.82) is 0 Å². The first kappa shape index (κ1) is 15.5. The largest absolute Gasteiger partial charge is 0.347 e. The second-order valence-electron chi connectivity index (χ2n) is 7.64. The topological polar surface area (TPSA) is 46.4 Å². The second kappa shape index (κ2) is 5.17. The molecule has 2 aromatic heterocycles. The van der Waals surface area contributed by atoms with E-state index in [4.69, 9.17) is 0 Å². The summed E-state index contributed by atoms with van der Waals surface area (Å²) in [6, 6.07) is 3.66. The molecule has 0 aliphatic heterocycles. The average Bonchev–Trinajstić information content (AvgIpc) is 2.63. The average molecular weight is 287 g/mol. The van der Waals surface area contributed by atoms with Crippen LogP contribution in [0.5, 0.6) is 0 Å². The number of pyridine rings is 1. The lowest BCUT2D eigenvalue weighted by atomic mass is 9.81. The van der Waals surface area contributed by atoms with Gasteiger partial charge in [0.25, 0.3) is 5.91 Å². The van der Waals surface area contributed by atoms with Crippen molar-refractivity contribution in [2.75, 3.05) is 0 Å². The number of hydrogen-bond donors (Lipinski definition) is 1. The molecule has 2 aromatic rings. The fraction of sp³-hybridized carbons (Fsp3) is 0.529. The lowest BCUT2D eigenvalue weighted by Crippen LogP contribution is -2.45. The van der Waals surface area contributed by atoms with Gasteiger partial charge in [-0.05, 0) is 44.7 Å². The van der Waals surface area contributed by atoms with Crippen LogP contribution in [0.15, 0.2) is 24.5 Å². The molecule has 0 spiro atoms. The summed E-state index contributed by atoms with van der Waals surface area (Å²) in [6.07, 6.45) is 4.73. The highest BCUT2D eigenvalue weighted by molar-refractivity contribution is 5.95. The molecule has 1 amide bonds. The van der Waals surface area contributed by atoms with E-state index in [9.17, 15) is 4.79 Å². The van der Waals surface area contributed by atoms with E-state index < -0.39 is 0 Å². The predicted octanol–water partition coefficient (Wildman–Crippen LogP) is 3.59. The summed E-state index contributed by atoms with van der Waals surface area (Å²) in [7, 11) is 0. The fourth-order valence-corrected chi connectivity index (χ4v) is 3.00. The molecule has 4 nitrogen and oxygen atoms in total. The zero-order chi connectivity index (χ0) is 15.8. The number of rotatable bonds is 3. The van der Waals surface area contributed by atoms with Gasteiger partial charge in [-0.25, -0.2) is 4.98 Å². The second-order valence-corrected chi connectivity index (χ2v) is 7.64. The van der Waals surface area contributed by atoms with Crippen LogP contribution in [0.2, 0.25) is 0 Å². The molecule has 0 saturated heterocycles. The van der Waals surface area contributed by atoms with Crippen LogP contribution in [0.3, 0.4) is 0 Å². The van der Waals surface area contributed by atoms with Gasteiger partial charge in [-0.3, -0.25) is 4.79 Å². The first-order valence-electron chi connectivity index (χ1n) is 7.34. The van der Waals surface area contributed by atoms with Gasteiger partial charge in [0.05, 0.1) is 5.69 Å². The maximum Gasteiger partial charge on any atom is 0.251 e. The van der Waals surface area contributed by atoms with E-state index in [1.165, 1.54) is 0 Å². The molecule has 4 heteroatoms. The van der Waals surface area contributed by atoms with Crippen molar-refractivity contribution in [2.24, 2.45) is 5.41 Å². The lowest BCUT2D eigenvalue weighted by molar-refractivity contribution is 0.0891. The maximum atomic E-state index is 12.4. The summed E-state index contributed by atoms with van der Waals surface area (Å²) in [4.78, 5) is 16.8. The van der Waals surface area contributed by atoms with Gasteiger partial charge in [-0.1, -0.05) is 20.8 Å². The van der Waals surface area contributed by atoms with Crippen molar-refractivity contribution >= 4 is 11.6 Å². The summed E-state index contributed by atoms with van der Waals surface area (Å²) in [5.74, 6) is -0.0487. The number of carbonyl (C=O) groups excluding carboxylic acids is 1. The van der Waals surface area contributed by atoms with Crippen LogP contribution >= 0.6 is 0 Å². The number of hydrogen-bond acceptors (Lipinski definition) is 2. The molecule has 2 heterocycles. The summed E-state index contributed by atoms with van der Waals surface area (Å²) < 4.78 is 1.92. The third kappa shape index (κ3) is 4.06. The smallest absolute Gasteiger partial charge is 0.251 e. The Balaban J connectivity index is 2.18. The summed E-state index contributed by atoms with van der Waals surface area (Å²) >= 11 is 0. The highest BCUT2D eigenvalue weighted by atomic mass is 16.1. The van der Waals surface area contributed by atoms with Crippen LogP contribution in [-0.2, 0) is 0 Å². The van der Waals surface area contributed by atoms with Crippen LogP contribution in [0.1, 0.15) is 57.1 Å². The Morgan fingerprint density at radius 1 is 1.29 bits per heavy atom. The maximum absolute atomic E-state index is 12.4. The number of imidazole rings is 1. The van der Waals surface area contributed by atoms with Gasteiger partial charge in [0.2, 0.25) is 0 Å². The minimum absolute atomic E-state index is 0.0487. The van der Waals surface area contributed by atoms with Crippen LogP contribution in [0, 0.1) is 12.3 Å². The SMILES string of the molecule is Cc1cn2ccc(C(=O)NC(C)(C)CC(C)(C)C)cc2n1. The molecule has 0 unspecified atom stereocenters. The third-order valence-electron chi connectivity index (χ3n) is 3.27. The van der Waals surface area contributed by atoms with Crippen molar-refractivity contribution in [3.63, 3.8) is 0 Å². The number of aryl methyl sites for hydroxylation is 1. The standard InChI is InChI=1S/C17H25N3O/c1-12-10-20-8-7-13(9-14(20)18-12)15(21)19-17(5,6)11-16(2,3)4/h7-10H,11H2,1-6H3,(H,19,21). The Labute approximate surface area is 126 Å². The number of fused-ring (bicyclic) bond motifs is 1. The molecule has 0 aliphatic rings. The van der Waals surface area contributed by atoms with Gasteiger partial charge < -0.3 is 9.72 Å². The molecule has 21 heavy (non-hydrogen) atoms. The Bertz CT molecular complexity index is 662. The van der Waals surface area contributed by atoms with Gasteiger partial charge >= 0.3 is 0 Å². The Kier molecular flexibility index (Phi) is 3.83. The Morgan fingerprint density at radius 2 is 1.95 bits per heavy atom. The zero-order valence-electron chi connectivity index (χ0n) is 13.8. The Hall–Kier alpha value is -1.84. The van der Waals surface area contributed by atoms with E-state index in [0.29, 0.717) is 5.56 Å². The quantitative estimate of drug-likeness (QED) is 0.937. The minimum Gasteiger partial charge on any atom is -0.347 e. The Morgan fingerprint density at radius 3 is 2.57 bits per heavy atom. The van der Waals surface area contributed by atoms with Crippen LogP contribution in [-0.4, -0.2) is 20.8 Å². The van der Waals surface area contributed by atoms with Gasteiger partial charge in [-0.2, -0.15) is 0 Å². The van der Waals surface area contributed by atoms with Crippen LogP contribution in [0.25, 0.3) is 5.65 Å². The van der Waals surface area contributed by atoms with Gasteiger partial charge in [0, 0.05) is 23.5 Å². The summed E-state index contributed by atoms with van der Waals surface area (Å²) in [5, 5.41) is 3.12. The molecule has 114 valence electrons. The molecule has 0 atom stereocenters. The van der Waals surface area contributed by atoms with E-state index in [-0.39, 0.29) is 16.9 Å². The molecule has 0 bridgehead atoms.